The first kappa shape index (κ1) is 21.6. The first-order valence-corrected chi connectivity index (χ1v) is 9.64. The zero-order valence-corrected chi connectivity index (χ0v) is 16.8. The van der Waals surface area contributed by atoms with Crippen LogP contribution < -0.4 is 4.74 Å². The molecule has 0 unspecified atom stereocenters. The molecule has 11 heteroatoms. The van der Waals surface area contributed by atoms with Gasteiger partial charge in [-0.1, -0.05) is 0 Å². The summed E-state index contributed by atoms with van der Waals surface area (Å²) in [6.07, 6.45) is -1.83. The lowest BCUT2D eigenvalue weighted by Crippen LogP contribution is -2.59. The molecule has 0 bridgehead atoms. The van der Waals surface area contributed by atoms with Gasteiger partial charge in [-0.2, -0.15) is 13.2 Å². The maximum atomic E-state index is 12.8. The van der Waals surface area contributed by atoms with Crippen molar-refractivity contribution < 1.29 is 37.3 Å². The summed E-state index contributed by atoms with van der Waals surface area (Å²) in [5, 5.41) is 10.9. The lowest BCUT2D eigenvalue weighted by molar-refractivity contribution is -0.149. The second kappa shape index (κ2) is 7.60. The van der Waals surface area contributed by atoms with E-state index in [1.54, 1.807) is 13.8 Å². The minimum Gasteiger partial charge on any atom is -0.485 e. The number of rotatable bonds is 2. The summed E-state index contributed by atoms with van der Waals surface area (Å²) in [6, 6.07) is 3.09. The molecule has 2 heterocycles. The van der Waals surface area contributed by atoms with E-state index in [4.69, 9.17) is 4.74 Å². The molecule has 1 N–H and O–H groups in total. The number of carbonyl (C=O) groups excluding carboxylic acids is 2. The highest BCUT2D eigenvalue weighted by atomic mass is 32.2. The number of aliphatic hydroxyl groups excluding tert-OH is 1. The minimum absolute atomic E-state index is 0.0719. The van der Waals surface area contributed by atoms with Gasteiger partial charge in [0.1, 0.15) is 24.0 Å². The molecule has 160 valence electrons. The fraction of sp³-hybridized carbons (Fsp3) is 0.556. The number of hydrogen-bond acceptors (Lipinski definition) is 6. The third-order valence-corrected chi connectivity index (χ3v) is 5.66. The van der Waals surface area contributed by atoms with Gasteiger partial charge < -0.3 is 19.5 Å². The quantitative estimate of drug-likeness (QED) is 0.722. The van der Waals surface area contributed by atoms with Crippen molar-refractivity contribution in [1.29, 1.82) is 0 Å². The highest BCUT2D eigenvalue weighted by Gasteiger charge is 2.48. The molecule has 0 saturated carbocycles. The third kappa shape index (κ3) is 4.40. The standard InChI is InChI=1S/C18H21F3N2O5S/c1-17(2)15(25)14(23-7-6-22(9-13(23)24)16(26)27-3)11-8-10(29-18(19,20)21)4-5-12(11)28-17/h4-5,8,14-15,25H,6-7,9H2,1-3H3/t14-,15+/m0/s1. The molecule has 2 aliphatic rings. The van der Waals surface area contributed by atoms with E-state index in [1.165, 1.54) is 35.1 Å². The fourth-order valence-corrected chi connectivity index (χ4v) is 4.13. The molecule has 1 aromatic carbocycles. The summed E-state index contributed by atoms with van der Waals surface area (Å²) in [5.74, 6) is -0.136. The van der Waals surface area contributed by atoms with Gasteiger partial charge in [0.2, 0.25) is 5.91 Å². The Morgan fingerprint density at radius 3 is 2.62 bits per heavy atom. The molecule has 0 spiro atoms. The van der Waals surface area contributed by atoms with Gasteiger partial charge in [0.25, 0.3) is 0 Å². The summed E-state index contributed by atoms with van der Waals surface area (Å²) >= 11 is -0.279. The van der Waals surface area contributed by atoms with Crippen molar-refractivity contribution in [2.75, 3.05) is 26.7 Å². The van der Waals surface area contributed by atoms with Crippen LogP contribution in [-0.4, -0.2) is 70.9 Å². The van der Waals surface area contributed by atoms with Gasteiger partial charge in [0.05, 0.1) is 13.2 Å². The monoisotopic (exact) mass is 434 g/mol. The van der Waals surface area contributed by atoms with Crippen LogP contribution >= 0.6 is 11.8 Å². The Bertz CT molecular complexity index is 817. The Morgan fingerprint density at radius 1 is 1.34 bits per heavy atom. The van der Waals surface area contributed by atoms with Crippen LogP contribution in [0.5, 0.6) is 5.75 Å². The number of ether oxygens (including phenoxy) is 2. The number of methoxy groups -OCH3 is 1. The van der Waals surface area contributed by atoms with Crippen LogP contribution in [0.1, 0.15) is 25.5 Å². The van der Waals surface area contributed by atoms with Gasteiger partial charge in [-0.15, -0.1) is 0 Å². The van der Waals surface area contributed by atoms with Crippen molar-refractivity contribution in [3.63, 3.8) is 0 Å². The van der Waals surface area contributed by atoms with Gasteiger partial charge in [-0.25, -0.2) is 4.79 Å². The van der Waals surface area contributed by atoms with Crippen LogP contribution in [0.4, 0.5) is 18.0 Å². The zero-order valence-electron chi connectivity index (χ0n) is 16.0. The number of fused-ring (bicyclic) bond motifs is 1. The molecule has 29 heavy (non-hydrogen) atoms. The van der Waals surface area contributed by atoms with Gasteiger partial charge >= 0.3 is 11.6 Å². The largest absolute Gasteiger partial charge is 0.485 e. The highest BCUT2D eigenvalue weighted by Crippen LogP contribution is 2.46. The van der Waals surface area contributed by atoms with E-state index >= 15 is 0 Å². The maximum Gasteiger partial charge on any atom is 0.446 e. The van der Waals surface area contributed by atoms with Crippen molar-refractivity contribution in [3.05, 3.63) is 23.8 Å². The molecule has 3 rings (SSSR count). The van der Waals surface area contributed by atoms with Crippen molar-refractivity contribution in [2.45, 2.75) is 42.0 Å². The minimum atomic E-state index is -4.47. The molecule has 2 amide bonds. The lowest BCUT2D eigenvalue weighted by atomic mass is 9.85. The van der Waals surface area contributed by atoms with Gasteiger partial charge in [0, 0.05) is 23.5 Å². The van der Waals surface area contributed by atoms with Gasteiger partial charge in [-0.3, -0.25) is 9.69 Å². The van der Waals surface area contributed by atoms with Crippen molar-refractivity contribution in [3.8, 4) is 5.75 Å². The number of alkyl halides is 3. The molecule has 1 saturated heterocycles. The van der Waals surface area contributed by atoms with E-state index in [0.717, 1.165) is 0 Å². The van der Waals surface area contributed by atoms with E-state index in [0.29, 0.717) is 11.3 Å². The van der Waals surface area contributed by atoms with Crippen LogP contribution in [0.2, 0.25) is 0 Å². The summed E-state index contributed by atoms with van der Waals surface area (Å²) in [6.45, 7) is 3.31. The summed E-state index contributed by atoms with van der Waals surface area (Å²) in [7, 11) is 1.21. The predicted molar refractivity (Wildman–Crippen MR) is 97.5 cm³/mol. The Hall–Kier alpha value is -2.14. The summed E-state index contributed by atoms with van der Waals surface area (Å²) in [5.41, 5.74) is -5.25. The number of benzene rings is 1. The molecule has 7 nitrogen and oxygen atoms in total. The number of halogens is 3. The van der Waals surface area contributed by atoms with E-state index in [2.05, 4.69) is 4.74 Å². The van der Waals surface area contributed by atoms with Crippen LogP contribution in [0, 0.1) is 0 Å². The molecule has 2 atom stereocenters. The highest BCUT2D eigenvalue weighted by molar-refractivity contribution is 8.00. The molecule has 0 radical (unpaired) electrons. The SMILES string of the molecule is COC(=O)N1CCN([C@H]2c3cc(SC(F)(F)F)ccc3OC(C)(C)[C@@H]2O)C(=O)C1. The van der Waals surface area contributed by atoms with Crippen molar-refractivity contribution >= 4 is 23.8 Å². The Kier molecular flexibility index (Phi) is 5.65. The van der Waals surface area contributed by atoms with Gasteiger partial charge in [0.15, 0.2) is 0 Å². The summed E-state index contributed by atoms with van der Waals surface area (Å²) in [4.78, 5) is 27.0. The molecule has 1 fully saturated rings. The number of hydrogen-bond donors (Lipinski definition) is 1. The first-order chi connectivity index (χ1) is 13.4. The zero-order chi connectivity index (χ0) is 21.6. The van der Waals surface area contributed by atoms with Crippen molar-refractivity contribution in [2.24, 2.45) is 0 Å². The third-order valence-electron chi connectivity index (χ3n) is 4.94. The number of nitrogens with zero attached hydrogens (tertiary/aromatic N) is 2. The van der Waals surface area contributed by atoms with Crippen LogP contribution in [0.15, 0.2) is 23.1 Å². The predicted octanol–water partition coefficient (Wildman–Crippen LogP) is 2.78. The van der Waals surface area contributed by atoms with E-state index < -0.39 is 35.3 Å². The van der Waals surface area contributed by atoms with Crippen LogP contribution in [-0.2, 0) is 9.53 Å². The van der Waals surface area contributed by atoms with Crippen LogP contribution in [0.25, 0.3) is 0 Å². The summed E-state index contributed by atoms with van der Waals surface area (Å²) < 4.78 is 48.8. The maximum absolute atomic E-state index is 12.8. The fourth-order valence-electron chi connectivity index (χ4n) is 3.55. The number of piperazine rings is 1. The Labute approximate surface area is 169 Å². The molecule has 0 aromatic heterocycles. The number of amides is 2. The Morgan fingerprint density at radius 2 is 2.03 bits per heavy atom. The second-order valence-electron chi connectivity index (χ2n) is 7.32. The molecular formula is C18H21F3N2O5S. The molecule has 2 aliphatic heterocycles. The number of thioether (sulfide) groups is 1. The Balaban J connectivity index is 1.96. The lowest BCUT2D eigenvalue weighted by Gasteiger charge is -2.48. The average molecular weight is 434 g/mol. The average Bonchev–Trinajstić information content (AvgIpc) is 2.62. The van der Waals surface area contributed by atoms with E-state index in [-0.39, 0.29) is 36.3 Å². The normalized spacial score (nSPS) is 24.0. The number of aliphatic hydroxyl groups is 1. The van der Waals surface area contributed by atoms with E-state index in [1.807, 2.05) is 0 Å². The second-order valence-corrected chi connectivity index (χ2v) is 8.46. The molecular weight excluding hydrogens is 413 g/mol. The first-order valence-electron chi connectivity index (χ1n) is 8.82. The smallest absolute Gasteiger partial charge is 0.446 e. The van der Waals surface area contributed by atoms with E-state index in [9.17, 15) is 27.9 Å². The molecule has 0 aliphatic carbocycles. The topological polar surface area (TPSA) is 79.3 Å². The van der Waals surface area contributed by atoms with Crippen LogP contribution in [0.3, 0.4) is 0 Å². The number of carbonyl (C=O) groups is 2. The molecule has 1 aromatic rings. The van der Waals surface area contributed by atoms with Gasteiger partial charge in [-0.05, 0) is 43.8 Å². The van der Waals surface area contributed by atoms with Crippen molar-refractivity contribution in [1.82, 2.24) is 9.80 Å².